The molecule has 4 rings (SSSR count). The van der Waals surface area contributed by atoms with Gasteiger partial charge in [-0.1, -0.05) is 41.9 Å². The second-order valence-electron chi connectivity index (χ2n) is 5.68. The van der Waals surface area contributed by atoms with E-state index in [0.29, 0.717) is 5.82 Å². The average Bonchev–Trinajstić information content (AvgIpc) is 3.32. The Morgan fingerprint density at radius 3 is 2.50 bits per heavy atom. The van der Waals surface area contributed by atoms with Crippen LogP contribution in [0.2, 0.25) is 5.02 Å². The molecule has 142 valence electrons. The molecular weight excluding hydrogens is 397 g/mol. The zero-order valence-electron chi connectivity index (χ0n) is 13.9. The van der Waals surface area contributed by atoms with Crippen LogP contribution in [0.5, 0.6) is 0 Å². The van der Waals surface area contributed by atoms with Crippen molar-refractivity contribution in [2.75, 3.05) is 0 Å². The van der Waals surface area contributed by atoms with Gasteiger partial charge in [-0.2, -0.15) is 22.6 Å². The highest BCUT2D eigenvalue weighted by molar-refractivity contribution is 6.30. The van der Waals surface area contributed by atoms with Crippen LogP contribution in [0.15, 0.2) is 48.5 Å². The molecule has 2 aromatic heterocycles. The third-order valence-electron chi connectivity index (χ3n) is 3.79. The lowest BCUT2D eigenvalue weighted by Gasteiger charge is -2.13. The van der Waals surface area contributed by atoms with Gasteiger partial charge in [-0.3, -0.25) is 0 Å². The quantitative estimate of drug-likeness (QED) is 0.517. The third kappa shape index (κ3) is 3.56. The first-order valence-electron chi connectivity index (χ1n) is 7.89. The van der Waals surface area contributed by atoms with Crippen molar-refractivity contribution in [2.45, 2.75) is 12.7 Å². The number of hydrogen-bond acceptors (Lipinski definition) is 6. The lowest BCUT2D eigenvalue weighted by molar-refractivity contribution is -0.137. The molecule has 0 fully saturated rings. The predicted octanol–water partition coefficient (Wildman–Crippen LogP) is 3.04. The molecule has 8 nitrogen and oxygen atoms in total. The molecule has 0 amide bonds. The topological polar surface area (TPSA) is 87.2 Å². The van der Waals surface area contributed by atoms with Gasteiger partial charge >= 0.3 is 6.18 Å². The highest BCUT2D eigenvalue weighted by Crippen LogP contribution is 2.35. The van der Waals surface area contributed by atoms with Gasteiger partial charge in [-0.25, -0.2) is 0 Å². The summed E-state index contributed by atoms with van der Waals surface area (Å²) in [6, 6.07) is 12.5. The first-order valence-corrected chi connectivity index (χ1v) is 8.27. The minimum absolute atomic E-state index is 0.0452. The Bertz CT molecular complexity index is 1110. The van der Waals surface area contributed by atoms with E-state index in [1.165, 1.54) is 16.9 Å². The van der Waals surface area contributed by atoms with Gasteiger partial charge in [-0.05, 0) is 33.8 Å². The van der Waals surface area contributed by atoms with Crippen molar-refractivity contribution in [1.29, 1.82) is 0 Å². The molecule has 0 aliphatic heterocycles. The number of tetrazole rings is 2. The Morgan fingerprint density at radius 1 is 0.964 bits per heavy atom. The van der Waals surface area contributed by atoms with Crippen molar-refractivity contribution in [3.63, 3.8) is 0 Å². The summed E-state index contributed by atoms with van der Waals surface area (Å²) in [7, 11) is 0. The van der Waals surface area contributed by atoms with Crippen LogP contribution < -0.4 is 0 Å². The molecule has 2 heterocycles. The molecule has 4 aromatic rings. The van der Waals surface area contributed by atoms with E-state index >= 15 is 0 Å². The number of rotatable bonds is 4. The van der Waals surface area contributed by atoms with Gasteiger partial charge in [0.15, 0.2) is 5.82 Å². The fourth-order valence-corrected chi connectivity index (χ4v) is 2.72. The summed E-state index contributed by atoms with van der Waals surface area (Å²) in [6.07, 6.45) is -4.63. The maximum atomic E-state index is 13.4. The van der Waals surface area contributed by atoms with Gasteiger partial charge in [0.05, 0.1) is 11.3 Å². The second-order valence-corrected chi connectivity index (χ2v) is 6.11. The Balaban J connectivity index is 1.68. The SMILES string of the molecule is FC(F)(F)c1cc(Cl)ccc1-n1nnnc1Cn1nnc(-c2ccccc2)n1. The zero-order chi connectivity index (χ0) is 19.7. The predicted molar refractivity (Wildman–Crippen MR) is 91.5 cm³/mol. The van der Waals surface area contributed by atoms with Crippen molar-refractivity contribution in [2.24, 2.45) is 0 Å². The fraction of sp³-hybridized carbons (Fsp3) is 0.125. The van der Waals surface area contributed by atoms with Crippen molar-refractivity contribution in [1.82, 2.24) is 40.4 Å². The number of benzene rings is 2. The lowest BCUT2D eigenvalue weighted by Crippen LogP contribution is -2.16. The van der Waals surface area contributed by atoms with Crippen LogP contribution in [0, 0.1) is 0 Å². The second kappa shape index (κ2) is 7.00. The molecule has 28 heavy (non-hydrogen) atoms. The monoisotopic (exact) mass is 406 g/mol. The molecule has 0 unspecified atom stereocenters. The van der Waals surface area contributed by atoms with Crippen LogP contribution >= 0.6 is 11.6 Å². The Morgan fingerprint density at radius 2 is 1.75 bits per heavy atom. The summed E-state index contributed by atoms with van der Waals surface area (Å²) in [4.78, 5) is 1.20. The molecule has 0 spiro atoms. The minimum Gasteiger partial charge on any atom is -0.195 e. The number of hydrogen-bond donors (Lipinski definition) is 0. The number of alkyl halides is 3. The van der Waals surface area contributed by atoms with Gasteiger partial charge in [0.2, 0.25) is 5.82 Å². The van der Waals surface area contributed by atoms with Crippen LogP contribution in [-0.2, 0) is 12.7 Å². The van der Waals surface area contributed by atoms with Gasteiger partial charge < -0.3 is 0 Å². The van der Waals surface area contributed by atoms with E-state index in [-0.39, 0.29) is 23.1 Å². The molecule has 0 saturated heterocycles. The molecule has 0 bridgehead atoms. The molecule has 0 saturated carbocycles. The zero-order valence-corrected chi connectivity index (χ0v) is 14.7. The average molecular weight is 407 g/mol. The lowest BCUT2D eigenvalue weighted by atomic mass is 10.1. The maximum absolute atomic E-state index is 13.4. The van der Waals surface area contributed by atoms with E-state index in [1.54, 1.807) is 0 Å². The first kappa shape index (κ1) is 18.0. The largest absolute Gasteiger partial charge is 0.418 e. The highest BCUT2D eigenvalue weighted by Gasteiger charge is 2.35. The van der Waals surface area contributed by atoms with Crippen molar-refractivity contribution in [3.8, 4) is 17.1 Å². The van der Waals surface area contributed by atoms with Crippen LogP contribution in [-0.4, -0.2) is 40.4 Å². The van der Waals surface area contributed by atoms with Crippen LogP contribution in [0.1, 0.15) is 11.4 Å². The van der Waals surface area contributed by atoms with E-state index in [9.17, 15) is 13.2 Å². The van der Waals surface area contributed by atoms with Crippen molar-refractivity contribution in [3.05, 3.63) is 64.9 Å². The van der Waals surface area contributed by atoms with Crippen LogP contribution in [0.3, 0.4) is 0 Å². The van der Waals surface area contributed by atoms with E-state index in [1.807, 2.05) is 30.3 Å². The summed E-state index contributed by atoms with van der Waals surface area (Å²) >= 11 is 5.72. The maximum Gasteiger partial charge on any atom is 0.418 e. The van der Waals surface area contributed by atoms with E-state index in [4.69, 9.17) is 11.6 Å². The number of aromatic nitrogens is 8. The van der Waals surface area contributed by atoms with Crippen molar-refractivity contribution >= 4 is 11.6 Å². The molecule has 0 N–H and O–H groups in total. The fourth-order valence-electron chi connectivity index (χ4n) is 2.55. The van der Waals surface area contributed by atoms with Gasteiger partial charge in [0, 0.05) is 10.6 Å². The summed E-state index contributed by atoms with van der Waals surface area (Å²) in [5.41, 5.74) is -0.448. The van der Waals surface area contributed by atoms with Crippen LogP contribution in [0.25, 0.3) is 17.1 Å². The Labute approximate surface area is 160 Å². The molecule has 0 radical (unpaired) electrons. The Kier molecular flexibility index (Phi) is 4.51. The van der Waals surface area contributed by atoms with Gasteiger partial charge in [0.25, 0.3) is 0 Å². The minimum atomic E-state index is -4.63. The van der Waals surface area contributed by atoms with Crippen LogP contribution in [0.4, 0.5) is 13.2 Å². The molecule has 12 heteroatoms. The molecule has 2 aromatic carbocycles. The van der Waals surface area contributed by atoms with E-state index < -0.39 is 11.7 Å². The number of nitrogens with zero attached hydrogens (tertiary/aromatic N) is 8. The normalized spacial score (nSPS) is 11.7. The standard InChI is InChI=1S/C16H10ClF3N8/c17-11-6-7-13(12(8-11)16(18,19)20)28-14(21-24-26-28)9-27-23-15(22-25-27)10-4-2-1-3-5-10/h1-8H,9H2. The molecule has 0 aliphatic carbocycles. The number of halogens is 4. The first-order chi connectivity index (χ1) is 13.4. The highest BCUT2D eigenvalue weighted by atomic mass is 35.5. The summed E-state index contributed by atoms with van der Waals surface area (Å²) in [5, 5.41) is 23.0. The van der Waals surface area contributed by atoms with E-state index in [0.717, 1.165) is 16.3 Å². The summed E-state index contributed by atoms with van der Waals surface area (Å²) in [6.45, 7) is -0.0766. The molecular formula is C16H10ClF3N8. The van der Waals surface area contributed by atoms with Gasteiger partial charge in [-0.15, -0.1) is 15.3 Å². The molecule has 0 atom stereocenters. The smallest absolute Gasteiger partial charge is 0.195 e. The van der Waals surface area contributed by atoms with E-state index in [2.05, 4.69) is 30.9 Å². The van der Waals surface area contributed by atoms with Gasteiger partial charge in [0.1, 0.15) is 6.54 Å². The Hall–Kier alpha value is -3.34. The molecule has 0 aliphatic rings. The third-order valence-corrected chi connectivity index (χ3v) is 4.03. The summed E-state index contributed by atoms with van der Waals surface area (Å²) in [5.74, 6) is 0.479. The van der Waals surface area contributed by atoms with Crippen molar-refractivity contribution < 1.29 is 13.2 Å². The summed E-state index contributed by atoms with van der Waals surface area (Å²) < 4.78 is 41.1.